The molecule has 0 radical (unpaired) electrons. The van der Waals surface area contributed by atoms with E-state index in [-0.39, 0.29) is 17.1 Å². The van der Waals surface area contributed by atoms with Crippen LogP contribution in [-0.4, -0.2) is 19.9 Å². The summed E-state index contributed by atoms with van der Waals surface area (Å²) in [5.74, 6) is -1.86. The van der Waals surface area contributed by atoms with E-state index in [1.807, 2.05) is 0 Å². The number of rotatable bonds is 2. The highest BCUT2D eigenvalue weighted by molar-refractivity contribution is 7.91. The van der Waals surface area contributed by atoms with Crippen molar-refractivity contribution < 1.29 is 17.2 Å². The molecule has 1 heterocycles. The van der Waals surface area contributed by atoms with Crippen molar-refractivity contribution in [3.05, 3.63) is 34.9 Å². The van der Waals surface area contributed by atoms with Gasteiger partial charge in [0.25, 0.3) is 0 Å². The van der Waals surface area contributed by atoms with Crippen molar-refractivity contribution in [3.63, 3.8) is 0 Å². The predicted molar refractivity (Wildman–Crippen MR) is 64.8 cm³/mol. The van der Waals surface area contributed by atoms with Gasteiger partial charge in [0.1, 0.15) is 11.6 Å². The Labute approximate surface area is 105 Å². The molecular weight excluding hydrogens is 260 g/mol. The number of benzene rings is 1. The van der Waals surface area contributed by atoms with Gasteiger partial charge in [-0.3, -0.25) is 0 Å². The summed E-state index contributed by atoms with van der Waals surface area (Å²) >= 11 is 0. The quantitative estimate of drug-likeness (QED) is 0.893. The molecule has 2 N–H and O–H groups in total. The average Bonchev–Trinajstić information content (AvgIpc) is 2.65. The third kappa shape index (κ3) is 2.40. The summed E-state index contributed by atoms with van der Waals surface area (Å²) in [6, 6.07) is 1.59. The molecule has 0 saturated carbocycles. The largest absolute Gasteiger partial charge is 0.324 e. The number of hydrogen-bond donors (Lipinski definition) is 1. The molecular formula is C12H15F2NO2S. The van der Waals surface area contributed by atoms with Crippen LogP contribution in [0.3, 0.4) is 0 Å². The van der Waals surface area contributed by atoms with Gasteiger partial charge in [-0.05, 0) is 30.9 Å². The van der Waals surface area contributed by atoms with Crippen molar-refractivity contribution in [3.8, 4) is 0 Å². The molecule has 1 aromatic carbocycles. The Morgan fingerprint density at radius 3 is 2.61 bits per heavy atom. The number of sulfone groups is 1. The van der Waals surface area contributed by atoms with Crippen LogP contribution in [0.25, 0.3) is 0 Å². The molecule has 1 aliphatic heterocycles. The topological polar surface area (TPSA) is 60.2 Å². The third-order valence-corrected chi connectivity index (χ3v) is 5.22. The molecule has 1 saturated heterocycles. The number of nitrogens with two attached hydrogens (primary N) is 1. The van der Waals surface area contributed by atoms with Crippen molar-refractivity contribution in [2.24, 2.45) is 11.7 Å². The van der Waals surface area contributed by atoms with Crippen molar-refractivity contribution in [1.82, 2.24) is 0 Å². The lowest BCUT2D eigenvalue weighted by atomic mass is 9.91. The predicted octanol–water partition coefficient (Wildman–Crippen LogP) is 1.71. The van der Waals surface area contributed by atoms with E-state index in [1.54, 1.807) is 0 Å². The van der Waals surface area contributed by atoms with Crippen LogP contribution in [0.2, 0.25) is 0 Å². The molecule has 0 spiro atoms. The van der Waals surface area contributed by atoms with Gasteiger partial charge < -0.3 is 5.73 Å². The first-order valence-electron chi connectivity index (χ1n) is 5.72. The van der Waals surface area contributed by atoms with Crippen molar-refractivity contribution in [2.75, 3.05) is 11.5 Å². The molecule has 6 heteroatoms. The van der Waals surface area contributed by atoms with Crippen LogP contribution in [0.1, 0.15) is 23.6 Å². The standard InChI is InChI=1S/C12H15F2NO2S/c1-7-2-3-9(13)10(11(7)14)12(15)8-4-5-18(16,17)6-8/h2-3,8,12H,4-6,15H2,1H3. The minimum Gasteiger partial charge on any atom is -0.324 e. The van der Waals surface area contributed by atoms with Gasteiger partial charge >= 0.3 is 0 Å². The normalized spacial score (nSPS) is 24.1. The summed E-state index contributed by atoms with van der Waals surface area (Å²) < 4.78 is 50.3. The molecule has 2 atom stereocenters. The average molecular weight is 275 g/mol. The van der Waals surface area contributed by atoms with Crippen molar-refractivity contribution >= 4 is 9.84 Å². The molecule has 0 bridgehead atoms. The van der Waals surface area contributed by atoms with Crippen LogP contribution >= 0.6 is 0 Å². The van der Waals surface area contributed by atoms with Crippen LogP contribution in [0.4, 0.5) is 8.78 Å². The fourth-order valence-corrected chi connectivity index (χ4v) is 4.18. The Balaban J connectivity index is 2.35. The van der Waals surface area contributed by atoms with E-state index in [9.17, 15) is 17.2 Å². The van der Waals surface area contributed by atoms with E-state index in [0.717, 1.165) is 6.07 Å². The summed E-state index contributed by atoms with van der Waals surface area (Å²) in [5, 5.41) is 0. The molecule has 1 fully saturated rings. The Kier molecular flexibility index (Phi) is 3.42. The lowest BCUT2D eigenvalue weighted by Gasteiger charge is -2.20. The van der Waals surface area contributed by atoms with Crippen LogP contribution < -0.4 is 5.73 Å². The summed E-state index contributed by atoms with van der Waals surface area (Å²) in [6.45, 7) is 1.52. The van der Waals surface area contributed by atoms with Crippen LogP contribution in [-0.2, 0) is 9.84 Å². The maximum absolute atomic E-state index is 13.9. The summed E-state index contributed by atoms with van der Waals surface area (Å²) in [7, 11) is -3.11. The molecule has 3 nitrogen and oxygen atoms in total. The van der Waals surface area contributed by atoms with E-state index in [4.69, 9.17) is 5.73 Å². The first-order valence-corrected chi connectivity index (χ1v) is 7.54. The molecule has 100 valence electrons. The second kappa shape index (κ2) is 4.59. The third-order valence-electron chi connectivity index (χ3n) is 3.43. The fourth-order valence-electron chi connectivity index (χ4n) is 2.33. The number of halogens is 2. The SMILES string of the molecule is Cc1ccc(F)c(C(N)C2CCS(=O)(=O)C2)c1F. The monoisotopic (exact) mass is 275 g/mol. The van der Waals surface area contributed by atoms with E-state index in [2.05, 4.69) is 0 Å². The Morgan fingerprint density at radius 2 is 2.06 bits per heavy atom. The van der Waals surface area contributed by atoms with Crippen LogP contribution in [0.5, 0.6) is 0 Å². The highest BCUT2D eigenvalue weighted by atomic mass is 32.2. The zero-order valence-corrected chi connectivity index (χ0v) is 10.8. The van der Waals surface area contributed by atoms with Crippen LogP contribution in [0.15, 0.2) is 12.1 Å². The fraction of sp³-hybridized carbons (Fsp3) is 0.500. The second-order valence-corrected chi connectivity index (χ2v) is 7.01. The molecule has 1 aliphatic rings. The molecule has 0 aromatic heterocycles. The Bertz CT molecular complexity index is 572. The lowest BCUT2D eigenvalue weighted by molar-refractivity contribution is 0.433. The van der Waals surface area contributed by atoms with E-state index in [0.29, 0.717) is 12.0 Å². The molecule has 1 aromatic rings. The zero-order chi connectivity index (χ0) is 13.5. The number of aryl methyl sites for hydroxylation is 1. The molecule has 2 unspecified atom stereocenters. The molecule has 0 amide bonds. The Hall–Kier alpha value is -1.01. The van der Waals surface area contributed by atoms with E-state index >= 15 is 0 Å². The lowest BCUT2D eigenvalue weighted by Crippen LogP contribution is -2.25. The molecule has 0 aliphatic carbocycles. The van der Waals surface area contributed by atoms with Gasteiger partial charge in [-0.2, -0.15) is 0 Å². The van der Waals surface area contributed by atoms with Gasteiger partial charge in [0, 0.05) is 11.6 Å². The Morgan fingerprint density at radius 1 is 1.39 bits per heavy atom. The van der Waals surface area contributed by atoms with Crippen molar-refractivity contribution in [1.29, 1.82) is 0 Å². The maximum atomic E-state index is 13.9. The zero-order valence-electron chi connectivity index (χ0n) is 9.99. The van der Waals surface area contributed by atoms with Gasteiger partial charge in [-0.15, -0.1) is 0 Å². The second-order valence-electron chi connectivity index (χ2n) is 4.78. The number of hydrogen-bond acceptors (Lipinski definition) is 3. The minimum absolute atomic E-state index is 0.0421. The highest BCUT2D eigenvalue weighted by Gasteiger charge is 2.35. The van der Waals surface area contributed by atoms with Gasteiger partial charge in [-0.1, -0.05) is 6.07 Å². The smallest absolute Gasteiger partial charge is 0.150 e. The first-order chi connectivity index (χ1) is 8.32. The summed E-state index contributed by atoms with van der Waals surface area (Å²) in [4.78, 5) is 0. The van der Waals surface area contributed by atoms with E-state index in [1.165, 1.54) is 13.0 Å². The van der Waals surface area contributed by atoms with Gasteiger partial charge in [0.05, 0.1) is 11.5 Å². The minimum atomic E-state index is -3.11. The van der Waals surface area contributed by atoms with Gasteiger partial charge in [-0.25, -0.2) is 17.2 Å². The summed E-state index contributed by atoms with van der Waals surface area (Å²) in [6.07, 6.45) is 0.357. The van der Waals surface area contributed by atoms with Gasteiger partial charge in [0.15, 0.2) is 9.84 Å². The highest BCUT2D eigenvalue weighted by Crippen LogP contribution is 2.33. The van der Waals surface area contributed by atoms with Crippen molar-refractivity contribution in [2.45, 2.75) is 19.4 Å². The summed E-state index contributed by atoms with van der Waals surface area (Å²) in [5.41, 5.74) is 5.96. The molecule has 18 heavy (non-hydrogen) atoms. The first kappa shape index (κ1) is 13.4. The van der Waals surface area contributed by atoms with E-state index < -0.39 is 33.4 Å². The maximum Gasteiger partial charge on any atom is 0.150 e. The molecule has 2 rings (SSSR count). The van der Waals surface area contributed by atoms with Gasteiger partial charge in [0.2, 0.25) is 0 Å². The van der Waals surface area contributed by atoms with Crippen LogP contribution in [0, 0.1) is 24.5 Å².